The molecule has 2 amide bonds. The molecule has 0 rings (SSSR count). The predicted molar refractivity (Wildman–Crippen MR) is 86.9 cm³/mol. The van der Waals surface area contributed by atoms with E-state index in [-0.39, 0.29) is 25.3 Å². The van der Waals surface area contributed by atoms with Crippen LogP contribution in [0.2, 0.25) is 0 Å². The molecular formula is C16H28N2O5. The summed E-state index contributed by atoms with van der Waals surface area (Å²) >= 11 is 0. The van der Waals surface area contributed by atoms with E-state index in [1.165, 1.54) is 0 Å². The van der Waals surface area contributed by atoms with E-state index in [4.69, 9.17) is 4.74 Å². The fourth-order valence-electron chi connectivity index (χ4n) is 1.98. The molecule has 0 aromatic heterocycles. The number of rotatable bonds is 9. The van der Waals surface area contributed by atoms with E-state index in [1.807, 2.05) is 27.7 Å². The van der Waals surface area contributed by atoms with Crippen LogP contribution in [-0.2, 0) is 19.1 Å². The summed E-state index contributed by atoms with van der Waals surface area (Å²) in [6.07, 6.45) is 2.04. The van der Waals surface area contributed by atoms with Crippen molar-refractivity contribution in [2.24, 2.45) is 0 Å². The maximum Gasteiger partial charge on any atom is 0.331 e. The van der Waals surface area contributed by atoms with Crippen molar-refractivity contribution in [3.05, 3.63) is 12.2 Å². The molecule has 0 bridgehead atoms. The third-order valence-corrected chi connectivity index (χ3v) is 3.26. The van der Waals surface area contributed by atoms with E-state index in [0.717, 1.165) is 12.2 Å². The number of hydrogen-bond acceptors (Lipinski definition) is 5. The SMILES string of the molecule is CCOC(=O)/C=C/C(=O)OC[C@H](C)N(CC)C(=O)N(CC)CC. The zero-order valence-corrected chi connectivity index (χ0v) is 14.7. The van der Waals surface area contributed by atoms with Gasteiger partial charge in [-0.1, -0.05) is 0 Å². The van der Waals surface area contributed by atoms with Crippen LogP contribution < -0.4 is 0 Å². The maximum absolute atomic E-state index is 12.3. The fourth-order valence-corrected chi connectivity index (χ4v) is 1.98. The molecule has 0 aromatic carbocycles. The molecule has 0 radical (unpaired) electrons. The zero-order valence-electron chi connectivity index (χ0n) is 14.7. The fraction of sp³-hybridized carbons (Fsp3) is 0.688. The number of amides is 2. The molecule has 0 fully saturated rings. The number of ether oxygens (including phenoxy) is 2. The lowest BCUT2D eigenvalue weighted by Gasteiger charge is -2.32. The minimum atomic E-state index is -0.642. The summed E-state index contributed by atoms with van der Waals surface area (Å²) < 4.78 is 9.73. The first kappa shape index (κ1) is 20.9. The summed E-state index contributed by atoms with van der Waals surface area (Å²) in [6.45, 7) is 11.3. The molecule has 7 heteroatoms. The molecule has 132 valence electrons. The van der Waals surface area contributed by atoms with Crippen LogP contribution in [0.15, 0.2) is 12.2 Å². The Hall–Kier alpha value is -2.05. The molecule has 0 saturated carbocycles. The normalized spacial score (nSPS) is 11.9. The van der Waals surface area contributed by atoms with Crippen LogP contribution >= 0.6 is 0 Å². The molecule has 0 aromatic rings. The molecule has 23 heavy (non-hydrogen) atoms. The molecule has 0 aliphatic carbocycles. The minimum Gasteiger partial charge on any atom is -0.463 e. The highest BCUT2D eigenvalue weighted by molar-refractivity contribution is 5.91. The molecule has 0 aliphatic heterocycles. The van der Waals surface area contributed by atoms with E-state index in [1.54, 1.807) is 16.7 Å². The first-order chi connectivity index (χ1) is 10.9. The average molecular weight is 328 g/mol. The second-order valence-corrected chi connectivity index (χ2v) is 4.81. The summed E-state index contributed by atoms with van der Waals surface area (Å²) in [5, 5.41) is 0. The Morgan fingerprint density at radius 1 is 0.913 bits per heavy atom. The van der Waals surface area contributed by atoms with Crippen molar-refractivity contribution in [1.29, 1.82) is 0 Å². The Labute approximate surface area is 138 Å². The highest BCUT2D eigenvalue weighted by Gasteiger charge is 2.23. The second-order valence-electron chi connectivity index (χ2n) is 4.81. The largest absolute Gasteiger partial charge is 0.463 e. The van der Waals surface area contributed by atoms with Crippen LogP contribution in [0.5, 0.6) is 0 Å². The Balaban J connectivity index is 4.49. The summed E-state index contributed by atoms with van der Waals surface area (Å²) in [5.41, 5.74) is 0. The number of carbonyl (C=O) groups is 3. The lowest BCUT2D eigenvalue weighted by molar-refractivity contribution is -0.141. The van der Waals surface area contributed by atoms with Gasteiger partial charge in [-0.15, -0.1) is 0 Å². The van der Waals surface area contributed by atoms with E-state index < -0.39 is 11.9 Å². The topological polar surface area (TPSA) is 76.2 Å². The summed E-state index contributed by atoms with van der Waals surface area (Å²) in [5.74, 6) is -1.24. The van der Waals surface area contributed by atoms with Gasteiger partial charge in [-0.2, -0.15) is 0 Å². The number of carbonyl (C=O) groups excluding carboxylic acids is 3. The van der Waals surface area contributed by atoms with Gasteiger partial charge in [0.15, 0.2) is 0 Å². The molecule has 0 unspecified atom stereocenters. The number of esters is 2. The van der Waals surface area contributed by atoms with Crippen LogP contribution in [0, 0.1) is 0 Å². The third kappa shape index (κ3) is 7.67. The van der Waals surface area contributed by atoms with Crippen LogP contribution in [0.1, 0.15) is 34.6 Å². The highest BCUT2D eigenvalue weighted by Crippen LogP contribution is 2.06. The van der Waals surface area contributed by atoms with Gasteiger partial charge in [-0.05, 0) is 34.6 Å². The monoisotopic (exact) mass is 328 g/mol. The molecule has 7 nitrogen and oxygen atoms in total. The highest BCUT2D eigenvalue weighted by atomic mass is 16.5. The van der Waals surface area contributed by atoms with E-state index in [2.05, 4.69) is 4.74 Å². The van der Waals surface area contributed by atoms with Crippen LogP contribution in [0.25, 0.3) is 0 Å². The first-order valence-electron chi connectivity index (χ1n) is 7.98. The van der Waals surface area contributed by atoms with Crippen LogP contribution in [-0.4, -0.2) is 66.7 Å². The molecule has 0 saturated heterocycles. The van der Waals surface area contributed by atoms with E-state index >= 15 is 0 Å². The van der Waals surface area contributed by atoms with Crippen molar-refractivity contribution in [2.45, 2.75) is 40.7 Å². The Bertz CT molecular complexity index is 419. The van der Waals surface area contributed by atoms with Crippen molar-refractivity contribution >= 4 is 18.0 Å². The number of hydrogen-bond donors (Lipinski definition) is 0. The standard InChI is InChI=1S/C16H28N2O5/c1-6-17(7-2)16(21)18(8-3)13(5)12-23-15(20)11-10-14(19)22-9-4/h10-11,13H,6-9,12H2,1-5H3/b11-10+/t13-/m0/s1. The molecule has 0 spiro atoms. The van der Waals surface area contributed by atoms with E-state index in [0.29, 0.717) is 19.6 Å². The van der Waals surface area contributed by atoms with Gasteiger partial charge >= 0.3 is 18.0 Å². The smallest absolute Gasteiger partial charge is 0.331 e. The third-order valence-electron chi connectivity index (χ3n) is 3.26. The zero-order chi connectivity index (χ0) is 17.8. The van der Waals surface area contributed by atoms with Gasteiger partial charge in [0.05, 0.1) is 12.6 Å². The van der Waals surface area contributed by atoms with E-state index in [9.17, 15) is 14.4 Å². The first-order valence-corrected chi connectivity index (χ1v) is 7.98. The number of urea groups is 1. The Morgan fingerprint density at radius 3 is 1.87 bits per heavy atom. The van der Waals surface area contributed by atoms with Crippen molar-refractivity contribution in [3.8, 4) is 0 Å². The average Bonchev–Trinajstić information content (AvgIpc) is 2.53. The molecular weight excluding hydrogens is 300 g/mol. The van der Waals surface area contributed by atoms with Crippen LogP contribution in [0.4, 0.5) is 4.79 Å². The van der Waals surface area contributed by atoms with Gasteiger partial charge in [-0.3, -0.25) is 0 Å². The maximum atomic E-state index is 12.3. The van der Waals surface area contributed by atoms with Gasteiger partial charge in [0, 0.05) is 31.8 Å². The summed E-state index contributed by atoms with van der Waals surface area (Å²) in [4.78, 5) is 38.4. The van der Waals surface area contributed by atoms with Crippen molar-refractivity contribution in [2.75, 3.05) is 32.8 Å². The van der Waals surface area contributed by atoms with Crippen molar-refractivity contribution < 1.29 is 23.9 Å². The van der Waals surface area contributed by atoms with Crippen molar-refractivity contribution in [3.63, 3.8) is 0 Å². The predicted octanol–water partition coefficient (Wildman–Crippen LogP) is 1.82. The number of likely N-dealkylation sites (N-methyl/N-ethyl adjacent to an activating group) is 1. The molecule has 0 aliphatic rings. The van der Waals surface area contributed by atoms with Gasteiger partial charge in [-0.25, -0.2) is 14.4 Å². The Morgan fingerprint density at radius 2 is 1.43 bits per heavy atom. The Kier molecular flexibility index (Phi) is 10.5. The lowest BCUT2D eigenvalue weighted by atomic mass is 10.3. The van der Waals surface area contributed by atoms with Crippen LogP contribution in [0.3, 0.4) is 0 Å². The molecule has 0 N–H and O–H groups in total. The quantitative estimate of drug-likeness (QED) is 0.477. The van der Waals surface area contributed by atoms with Gasteiger partial charge in [0.2, 0.25) is 0 Å². The lowest BCUT2D eigenvalue weighted by Crippen LogP contribution is -2.48. The summed E-state index contributed by atoms with van der Waals surface area (Å²) in [6, 6.07) is -0.337. The van der Waals surface area contributed by atoms with Gasteiger partial charge in [0.25, 0.3) is 0 Å². The summed E-state index contributed by atoms with van der Waals surface area (Å²) in [7, 11) is 0. The van der Waals surface area contributed by atoms with Gasteiger partial charge in [0.1, 0.15) is 6.61 Å². The van der Waals surface area contributed by atoms with Gasteiger partial charge < -0.3 is 19.3 Å². The second kappa shape index (κ2) is 11.5. The minimum absolute atomic E-state index is 0.0623. The van der Waals surface area contributed by atoms with Crippen molar-refractivity contribution in [1.82, 2.24) is 9.80 Å². The molecule has 1 atom stereocenters. The molecule has 0 heterocycles. The number of nitrogens with zero attached hydrogens (tertiary/aromatic N) is 2.